The molecular formula is C32H42N4O3S. The summed E-state index contributed by atoms with van der Waals surface area (Å²) in [6.45, 7) is 6.32. The first-order valence-electron chi connectivity index (χ1n) is 14.3. The summed E-state index contributed by atoms with van der Waals surface area (Å²) in [5, 5.41) is 11.7. The lowest BCUT2D eigenvalue weighted by Gasteiger charge is -2.30. The molecule has 40 heavy (non-hydrogen) atoms. The van der Waals surface area contributed by atoms with Crippen molar-refractivity contribution < 1.29 is 14.3 Å². The van der Waals surface area contributed by atoms with Gasteiger partial charge in [-0.3, -0.25) is 9.59 Å². The summed E-state index contributed by atoms with van der Waals surface area (Å²) in [5.41, 5.74) is 4.29. The lowest BCUT2D eigenvalue weighted by Crippen LogP contribution is -2.57. The summed E-state index contributed by atoms with van der Waals surface area (Å²) >= 11 is 1.52. The van der Waals surface area contributed by atoms with Crippen LogP contribution >= 0.6 is 11.3 Å². The Kier molecular flexibility index (Phi) is 10.7. The molecule has 0 saturated heterocycles. The molecule has 7 nitrogen and oxygen atoms in total. The van der Waals surface area contributed by atoms with Gasteiger partial charge in [-0.15, -0.1) is 11.3 Å². The predicted molar refractivity (Wildman–Crippen MR) is 160 cm³/mol. The van der Waals surface area contributed by atoms with Crippen molar-refractivity contribution in [3.05, 3.63) is 82.3 Å². The highest BCUT2D eigenvalue weighted by Crippen LogP contribution is 2.19. The minimum absolute atomic E-state index is 0.171. The molecule has 214 valence electrons. The Hall–Kier alpha value is -3.23. The Balaban J connectivity index is 1.44. The minimum atomic E-state index is -0.714. The Morgan fingerprint density at radius 3 is 2.30 bits per heavy atom. The number of thiazole rings is 1. The average molecular weight is 563 g/mol. The third-order valence-corrected chi connectivity index (χ3v) is 7.63. The molecule has 0 spiro atoms. The van der Waals surface area contributed by atoms with Gasteiger partial charge >= 0.3 is 0 Å². The molecule has 0 bridgehead atoms. The molecular weight excluding hydrogens is 520 g/mol. The maximum absolute atomic E-state index is 13.7. The molecule has 2 atom stereocenters. The predicted octanol–water partition coefficient (Wildman–Crippen LogP) is 5.20. The van der Waals surface area contributed by atoms with Gasteiger partial charge in [0.15, 0.2) is 0 Å². The second kappa shape index (κ2) is 14.4. The number of benzene rings is 2. The molecule has 1 heterocycles. The minimum Gasteiger partial charge on any atom is -0.489 e. The normalized spacial score (nSPS) is 15.7. The van der Waals surface area contributed by atoms with Gasteiger partial charge in [-0.25, -0.2) is 4.98 Å². The number of amides is 2. The fraction of sp³-hybridized carbons (Fsp3) is 0.469. The van der Waals surface area contributed by atoms with Crippen molar-refractivity contribution in [1.29, 1.82) is 0 Å². The van der Waals surface area contributed by atoms with Gasteiger partial charge in [0.2, 0.25) is 11.8 Å². The van der Waals surface area contributed by atoms with Crippen molar-refractivity contribution in [2.24, 2.45) is 0 Å². The van der Waals surface area contributed by atoms with Crippen LogP contribution in [0.15, 0.2) is 65.5 Å². The van der Waals surface area contributed by atoms with Gasteiger partial charge in [0, 0.05) is 29.8 Å². The number of carbonyl (C=O) groups is 2. The van der Waals surface area contributed by atoms with Crippen LogP contribution in [0.4, 0.5) is 0 Å². The quantitative estimate of drug-likeness (QED) is 0.282. The number of nitrogens with zero attached hydrogens (tertiary/aromatic N) is 1. The number of ether oxygens (including phenoxy) is 1. The van der Waals surface area contributed by atoms with E-state index in [0.29, 0.717) is 25.5 Å². The molecule has 3 N–H and O–H groups in total. The summed E-state index contributed by atoms with van der Waals surface area (Å²) in [7, 11) is 0. The monoisotopic (exact) mass is 562 g/mol. The van der Waals surface area contributed by atoms with Gasteiger partial charge in [0.1, 0.15) is 18.4 Å². The molecule has 3 aromatic rings. The highest BCUT2D eigenvalue weighted by Gasteiger charge is 2.30. The maximum Gasteiger partial charge on any atom is 0.243 e. The van der Waals surface area contributed by atoms with Crippen molar-refractivity contribution in [3.8, 4) is 5.75 Å². The van der Waals surface area contributed by atoms with E-state index in [1.54, 1.807) is 5.51 Å². The van der Waals surface area contributed by atoms with E-state index in [-0.39, 0.29) is 11.8 Å². The van der Waals surface area contributed by atoms with Crippen molar-refractivity contribution in [2.75, 3.05) is 0 Å². The highest BCUT2D eigenvalue weighted by atomic mass is 32.1. The zero-order valence-corrected chi connectivity index (χ0v) is 24.6. The number of hydrogen-bond donors (Lipinski definition) is 3. The fourth-order valence-corrected chi connectivity index (χ4v) is 5.54. The SMILES string of the molecule is CC(C)(C)NC(=O)[C@H](Cc1ccc(OCc2ccccc2)cc1)NC(=O)[C@H](Cc1cscn1)NC1CCCCC1. The molecule has 1 aliphatic carbocycles. The van der Waals surface area contributed by atoms with Crippen LogP contribution in [0.25, 0.3) is 0 Å². The van der Waals surface area contributed by atoms with Crippen molar-refractivity contribution >= 4 is 23.2 Å². The van der Waals surface area contributed by atoms with Crippen LogP contribution in [0.2, 0.25) is 0 Å². The molecule has 1 aliphatic rings. The molecule has 4 rings (SSSR count). The Morgan fingerprint density at radius 1 is 0.925 bits per heavy atom. The largest absolute Gasteiger partial charge is 0.489 e. The van der Waals surface area contributed by atoms with E-state index >= 15 is 0 Å². The van der Waals surface area contributed by atoms with E-state index in [0.717, 1.165) is 35.4 Å². The van der Waals surface area contributed by atoms with Crippen LogP contribution in [0.1, 0.15) is 69.7 Å². The zero-order chi connectivity index (χ0) is 28.4. The van der Waals surface area contributed by atoms with E-state index in [4.69, 9.17) is 4.74 Å². The zero-order valence-electron chi connectivity index (χ0n) is 23.8. The van der Waals surface area contributed by atoms with Crippen molar-refractivity contribution in [1.82, 2.24) is 20.9 Å². The molecule has 2 amide bonds. The van der Waals surface area contributed by atoms with E-state index in [2.05, 4.69) is 20.9 Å². The Labute approximate surface area is 242 Å². The second-order valence-electron chi connectivity index (χ2n) is 11.7. The second-order valence-corrected chi connectivity index (χ2v) is 12.4. The standard InChI is InChI=1S/C32H42N4O3S/c1-32(2,3)36-31(38)28(18-23-14-16-27(17-15-23)39-20-24-10-6-4-7-11-24)35-30(37)29(19-26-21-40-22-33-26)34-25-12-8-5-9-13-25/h4,6-7,10-11,14-17,21-22,25,28-29,34H,5,8-9,12-13,18-20H2,1-3H3,(H,35,37)(H,36,38)/t28-,29-/m0/s1. The molecule has 0 aliphatic heterocycles. The number of hydrogen-bond acceptors (Lipinski definition) is 6. The highest BCUT2D eigenvalue weighted by molar-refractivity contribution is 7.07. The van der Waals surface area contributed by atoms with E-state index in [1.165, 1.54) is 30.6 Å². The van der Waals surface area contributed by atoms with E-state index in [1.807, 2.05) is 80.7 Å². The van der Waals surface area contributed by atoms with Gasteiger partial charge in [0.05, 0.1) is 17.2 Å². The van der Waals surface area contributed by atoms with Crippen LogP contribution < -0.4 is 20.7 Å². The fourth-order valence-electron chi connectivity index (χ4n) is 4.97. The third-order valence-electron chi connectivity index (χ3n) is 7.00. The van der Waals surface area contributed by atoms with E-state index < -0.39 is 17.6 Å². The summed E-state index contributed by atoms with van der Waals surface area (Å²) in [4.78, 5) is 31.5. The topological polar surface area (TPSA) is 92.4 Å². The number of nitrogens with one attached hydrogen (secondary N) is 3. The molecule has 1 aromatic heterocycles. The van der Waals surface area contributed by atoms with Gasteiger partial charge in [-0.2, -0.15) is 0 Å². The smallest absolute Gasteiger partial charge is 0.243 e. The van der Waals surface area contributed by atoms with Crippen LogP contribution in [-0.2, 0) is 29.0 Å². The van der Waals surface area contributed by atoms with E-state index in [9.17, 15) is 9.59 Å². The van der Waals surface area contributed by atoms with Crippen LogP contribution in [0.3, 0.4) is 0 Å². The Bertz CT molecular complexity index is 1190. The third kappa shape index (κ3) is 9.75. The molecule has 0 radical (unpaired) electrons. The van der Waals surface area contributed by atoms with Crippen LogP contribution in [0.5, 0.6) is 5.75 Å². The maximum atomic E-state index is 13.7. The first-order valence-corrected chi connectivity index (χ1v) is 15.2. The molecule has 1 saturated carbocycles. The molecule has 0 unspecified atom stereocenters. The van der Waals surface area contributed by atoms with Crippen LogP contribution in [-0.4, -0.2) is 40.5 Å². The van der Waals surface area contributed by atoms with Gasteiger partial charge in [0.25, 0.3) is 0 Å². The Morgan fingerprint density at radius 2 is 1.65 bits per heavy atom. The van der Waals surface area contributed by atoms with Gasteiger partial charge < -0.3 is 20.7 Å². The lowest BCUT2D eigenvalue weighted by atomic mass is 9.94. The summed E-state index contributed by atoms with van der Waals surface area (Å²) < 4.78 is 5.92. The summed E-state index contributed by atoms with van der Waals surface area (Å²) in [6, 6.07) is 16.9. The van der Waals surface area contributed by atoms with Gasteiger partial charge in [-0.1, -0.05) is 61.7 Å². The molecule has 1 fully saturated rings. The lowest BCUT2D eigenvalue weighted by molar-refractivity contribution is -0.131. The number of rotatable bonds is 12. The number of carbonyl (C=O) groups excluding carboxylic acids is 2. The summed E-state index contributed by atoms with van der Waals surface area (Å²) in [6.07, 6.45) is 6.58. The van der Waals surface area contributed by atoms with Gasteiger partial charge in [-0.05, 0) is 56.9 Å². The molecule has 8 heteroatoms. The van der Waals surface area contributed by atoms with Crippen molar-refractivity contribution in [3.63, 3.8) is 0 Å². The molecule has 2 aromatic carbocycles. The first kappa shape index (κ1) is 29.7. The van der Waals surface area contributed by atoms with Crippen molar-refractivity contribution in [2.45, 2.75) is 96.0 Å². The van der Waals surface area contributed by atoms with Crippen LogP contribution in [0, 0.1) is 0 Å². The number of aromatic nitrogens is 1. The first-order chi connectivity index (χ1) is 19.2. The average Bonchev–Trinajstić information content (AvgIpc) is 3.45. The summed E-state index contributed by atoms with van der Waals surface area (Å²) in [5.74, 6) is 0.387.